The van der Waals surface area contributed by atoms with Gasteiger partial charge in [-0.05, 0) is 31.2 Å². The molecule has 0 spiro atoms. The van der Waals surface area contributed by atoms with E-state index in [0.717, 1.165) is 29.9 Å². The quantitative estimate of drug-likeness (QED) is 0.576. The third kappa shape index (κ3) is 4.06. The second kappa shape index (κ2) is 8.36. The summed E-state index contributed by atoms with van der Waals surface area (Å²) >= 11 is 4.31. The minimum absolute atomic E-state index is 0.0782. The van der Waals surface area contributed by atoms with Crippen molar-refractivity contribution in [3.8, 4) is 5.69 Å². The molecule has 0 fully saturated rings. The van der Waals surface area contributed by atoms with Crippen molar-refractivity contribution in [2.45, 2.75) is 39.8 Å². The lowest BCUT2D eigenvalue weighted by atomic mass is 10.1. The van der Waals surface area contributed by atoms with Crippen LogP contribution in [0.2, 0.25) is 0 Å². The van der Waals surface area contributed by atoms with Gasteiger partial charge in [-0.1, -0.05) is 20.3 Å². The predicted octanol–water partition coefficient (Wildman–Crippen LogP) is 2.93. The standard InChI is InChI=1S/C17H26N4OS/c1-4-7-15-16(20(5-2)17(22)13(3)12-23)11-21(19-15)14-8-6-9-18-10-14/h6,8-11,13,17,22-23H,4-5,7,12H2,1-3H3. The van der Waals surface area contributed by atoms with Crippen LogP contribution in [0.4, 0.5) is 5.69 Å². The fourth-order valence-corrected chi connectivity index (χ4v) is 2.77. The van der Waals surface area contributed by atoms with Crippen LogP contribution in [0.1, 0.15) is 32.9 Å². The number of nitrogens with zero attached hydrogens (tertiary/aromatic N) is 4. The molecule has 0 aromatic carbocycles. The summed E-state index contributed by atoms with van der Waals surface area (Å²) in [5.74, 6) is 0.715. The topological polar surface area (TPSA) is 54.2 Å². The number of aliphatic hydroxyl groups excluding tert-OH is 1. The minimum atomic E-state index is -0.570. The van der Waals surface area contributed by atoms with E-state index in [2.05, 4.69) is 24.5 Å². The van der Waals surface area contributed by atoms with Crippen molar-refractivity contribution in [3.63, 3.8) is 0 Å². The SMILES string of the molecule is CCCc1nn(-c2cccnc2)cc1N(CC)C(O)C(C)CS. The molecule has 1 N–H and O–H groups in total. The highest BCUT2D eigenvalue weighted by Crippen LogP contribution is 2.26. The first-order chi connectivity index (χ1) is 11.1. The number of aromatic nitrogens is 3. The van der Waals surface area contributed by atoms with Gasteiger partial charge in [0.15, 0.2) is 0 Å². The van der Waals surface area contributed by atoms with Crippen LogP contribution in [0.5, 0.6) is 0 Å². The van der Waals surface area contributed by atoms with Gasteiger partial charge in [0.1, 0.15) is 6.23 Å². The summed E-state index contributed by atoms with van der Waals surface area (Å²) in [6, 6.07) is 3.87. The highest BCUT2D eigenvalue weighted by Gasteiger charge is 2.24. The number of rotatable bonds is 8. The Morgan fingerprint density at radius 2 is 2.17 bits per heavy atom. The van der Waals surface area contributed by atoms with Crippen LogP contribution < -0.4 is 4.90 Å². The van der Waals surface area contributed by atoms with Crippen LogP contribution >= 0.6 is 12.6 Å². The second-order valence-electron chi connectivity index (χ2n) is 5.73. The van der Waals surface area contributed by atoms with E-state index in [1.165, 1.54) is 0 Å². The average molecular weight is 334 g/mol. The Hall–Kier alpha value is -1.53. The van der Waals surface area contributed by atoms with Crippen LogP contribution in [-0.4, -0.2) is 38.4 Å². The highest BCUT2D eigenvalue weighted by molar-refractivity contribution is 7.80. The van der Waals surface area contributed by atoms with Gasteiger partial charge in [0, 0.05) is 18.7 Å². The summed E-state index contributed by atoms with van der Waals surface area (Å²) < 4.78 is 1.84. The number of hydrogen-bond donors (Lipinski definition) is 2. The van der Waals surface area contributed by atoms with E-state index in [0.29, 0.717) is 12.3 Å². The second-order valence-corrected chi connectivity index (χ2v) is 6.09. The molecule has 0 radical (unpaired) electrons. The zero-order chi connectivity index (χ0) is 16.8. The smallest absolute Gasteiger partial charge is 0.130 e. The summed E-state index contributed by atoms with van der Waals surface area (Å²) in [7, 11) is 0. The lowest BCUT2D eigenvalue weighted by Crippen LogP contribution is -2.40. The molecule has 2 rings (SSSR count). The van der Waals surface area contributed by atoms with Crippen molar-refractivity contribution in [2.75, 3.05) is 17.2 Å². The first kappa shape index (κ1) is 17.8. The average Bonchev–Trinajstić information content (AvgIpc) is 2.99. The summed E-state index contributed by atoms with van der Waals surface area (Å²) in [6.07, 6.45) is 6.83. The minimum Gasteiger partial charge on any atom is -0.373 e. The fourth-order valence-electron chi connectivity index (χ4n) is 2.58. The van der Waals surface area contributed by atoms with E-state index in [9.17, 15) is 5.11 Å². The summed E-state index contributed by atoms with van der Waals surface area (Å²) in [5.41, 5.74) is 2.91. The molecule has 6 heteroatoms. The van der Waals surface area contributed by atoms with Gasteiger partial charge in [-0.15, -0.1) is 0 Å². The summed E-state index contributed by atoms with van der Waals surface area (Å²) in [4.78, 5) is 6.16. The maximum atomic E-state index is 10.6. The molecule has 0 bridgehead atoms. The molecule has 2 heterocycles. The van der Waals surface area contributed by atoms with Crippen LogP contribution in [-0.2, 0) is 6.42 Å². The highest BCUT2D eigenvalue weighted by atomic mass is 32.1. The van der Waals surface area contributed by atoms with Gasteiger partial charge in [0.25, 0.3) is 0 Å². The number of anilines is 1. The monoisotopic (exact) mass is 334 g/mol. The molecule has 23 heavy (non-hydrogen) atoms. The number of aliphatic hydroxyl groups is 1. The number of thiol groups is 1. The van der Waals surface area contributed by atoms with E-state index in [-0.39, 0.29) is 5.92 Å². The molecule has 0 aliphatic heterocycles. The molecule has 0 aliphatic rings. The summed E-state index contributed by atoms with van der Waals surface area (Å²) in [5, 5.41) is 15.3. The van der Waals surface area contributed by atoms with Gasteiger partial charge in [-0.25, -0.2) is 4.68 Å². The first-order valence-electron chi connectivity index (χ1n) is 8.16. The van der Waals surface area contributed by atoms with Gasteiger partial charge < -0.3 is 10.0 Å². The third-order valence-electron chi connectivity index (χ3n) is 3.93. The van der Waals surface area contributed by atoms with E-state index < -0.39 is 6.23 Å². The van der Waals surface area contributed by atoms with E-state index in [4.69, 9.17) is 5.10 Å². The van der Waals surface area contributed by atoms with Gasteiger partial charge >= 0.3 is 0 Å². The van der Waals surface area contributed by atoms with Crippen molar-refractivity contribution < 1.29 is 5.11 Å². The van der Waals surface area contributed by atoms with Crippen LogP contribution in [0, 0.1) is 5.92 Å². The molecule has 2 atom stereocenters. The molecule has 2 aromatic rings. The zero-order valence-electron chi connectivity index (χ0n) is 14.1. The predicted molar refractivity (Wildman–Crippen MR) is 97.4 cm³/mol. The molecule has 0 saturated heterocycles. The number of hydrogen-bond acceptors (Lipinski definition) is 5. The molecule has 126 valence electrons. The Morgan fingerprint density at radius 1 is 1.39 bits per heavy atom. The molecule has 0 amide bonds. The number of aryl methyl sites for hydroxylation is 1. The van der Waals surface area contributed by atoms with Crippen molar-refractivity contribution >= 4 is 18.3 Å². The first-order valence-corrected chi connectivity index (χ1v) is 8.80. The summed E-state index contributed by atoms with van der Waals surface area (Å²) in [6.45, 7) is 6.90. The van der Waals surface area contributed by atoms with E-state index >= 15 is 0 Å². The van der Waals surface area contributed by atoms with Crippen molar-refractivity contribution in [2.24, 2.45) is 5.92 Å². The normalized spacial score (nSPS) is 13.8. The van der Waals surface area contributed by atoms with Gasteiger partial charge in [-0.2, -0.15) is 17.7 Å². The van der Waals surface area contributed by atoms with E-state index in [1.807, 2.05) is 41.8 Å². The lowest BCUT2D eigenvalue weighted by molar-refractivity contribution is 0.123. The molecule has 0 saturated carbocycles. The van der Waals surface area contributed by atoms with Crippen molar-refractivity contribution in [1.82, 2.24) is 14.8 Å². The third-order valence-corrected chi connectivity index (χ3v) is 4.51. The van der Waals surface area contributed by atoms with Gasteiger partial charge in [-0.3, -0.25) is 4.98 Å². The van der Waals surface area contributed by atoms with Crippen LogP contribution in [0.15, 0.2) is 30.7 Å². The number of pyridine rings is 1. The Bertz CT molecular complexity index is 602. The van der Waals surface area contributed by atoms with Crippen molar-refractivity contribution in [3.05, 3.63) is 36.4 Å². The zero-order valence-corrected chi connectivity index (χ0v) is 14.9. The molecule has 5 nitrogen and oxygen atoms in total. The van der Waals surface area contributed by atoms with Crippen LogP contribution in [0.25, 0.3) is 5.69 Å². The van der Waals surface area contributed by atoms with Gasteiger partial charge in [0.05, 0.1) is 29.5 Å². The molecular weight excluding hydrogens is 308 g/mol. The maximum absolute atomic E-state index is 10.6. The molecular formula is C17H26N4OS. The Labute approximate surface area is 143 Å². The lowest BCUT2D eigenvalue weighted by Gasteiger charge is -2.32. The van der Waals surface area contributed by atoms with Crippen molar-refractivity contribution in [1.29, 1.82) is 0 Å². The Balaban J connectivity index is 2.41. The Morgan fingerprint density at radius 3 is 2.74 bits per heavy atom. The fraction of sp³-hybridized carbons (Fsp3) is 0.529. The van der Waals surface area contributed by atoms with Crippen LogP contribution in [0.3, 0.4) is 0 Å². The van der Waals surface area contributed by atoms with E-state index in [1.54, 1.807) is 12.4 Å². The van der Waals surface area contributed by atoms with Gasteiger partial charge in [0.2, 0.25) is 0 Å². The molecule has 0 aliphatic carbocycles. The largest absolute Gasteiger partial charge is 0.373 e. The molecule has 2 aromatic heterocycles. The maximum Gasteiger partial charge on any atom is 0.130 e. The molecule has 2 unspecified atom stereocenters. The Kier molecular flexibility index (Phi) is 6.47.